The van der Waals surface area contributed by atoms with Crippen molar-refractivity contribution in [2.24, 2.45) is 10.7 Å². The number of aromatic nitrogens is 1. The number of ether oxygens (including phenoxy) is 1. The van der Waals surface area contributed by atoms with Crippen molar-refractivity contribution in [3.63, 3.8) is 0 Å². The zero-order valence-corrected chi connectivity index (χ0v) is 15.6. The molecule has 0 aliphatic carbocycles. The molecule has 0 aliphatic rings. The van der Waals surface area contributed by atoms with Gasteiger partial charge in [-0.05, 0) is 47.0 Å². The molecule has 6 heteroatoms. The Morgan fingerprint density at radius 3 is 2.50 bits per heavy atom. The van der Waals surface area contributed by atoms with Crippen LogP contribution in [0, 0.1) is 11.3 Å². The van der Waals surface area contributed by atoms with Gasteiger partial charge >= 0.3 is 0 Å². The van der Waals surface area contributed by atoms with Crippen LogP contribution in [0.4, 0.5) is 5.82 Å². The lowest BCUT2D eigenvalue weighted by Gasteiger charge is -2.11. The second kappa shape index (κ2) is 9.19. The number of nitrogens with one attached hydrogen (secondary N) is 1. The van der Waals surface area contributed by atoms with Crippen LogP contribution in [0.2, 0.25) is 0 Å². The number of nitrogens with zero attached hydrogens (tertiary/aromatic N) is 3. The minimum Gasteiger partial charge on any atom is -0.497 e. The minimum atomic E-state index is 0.291. The van der Waals surface area contributed by atoms with Gasteiger partial charge in [0.1, 0.15) is 11.6 Å². The summed E-state index contributed by atoms with van der Waals surface area (Å²) < 4.78 is 5.20. The summed E-state index contributed by atoms with van der Waals surface area (Å²) in [5.74, 6) is 1.80. The molecule has 6 nitrogen and oxygen atoms in total. The van der Waals surface area contributed by atoms with Crippen LogP contribution in [-0.2, 0) is 13.0 Å². The van der Waals surface area contributed by atoms with E-state index in [1.165, 1.54) is 0 Å². The van der Waals surface area contributed by atoms with Crippen LogP contribution in [0.5, 0.6) is 5.75 Å². The van der Waals surface area contributed by atoms with E-state index >= 15 is 0 Å². The molecule has 0 unspecified atom stereocenters. The number of aliphatic imine (C=N–C) groups is 1. The van der Waals surface area contributed by atoms with Crippen LogP contribution < -0.4 is 15.8 Å². The Hall–Kier alpha value is -3.85. The molecule has 0 atom stereocenters. The zero-order valence-electron chi connectivity index (χ0n) is 15.6. The van der Waals surface area contributed by atoms with Gasteiger partial charge in [0, 0.05) is 12.6 Å². The number of nitriles is 1. The van der Waals surface area contributed by atoms with Gasteiger partial charge in [-0.1, -0.05) is 30.3 Å². The highest BCUT2D eigenvalue weighted by molar-refractivity contribution is 5.92. The van der Waals surface area contributed by atoms with E-state index in [1.807, 2.05) is 48.5 Å². The van der Waals surface area contributed by atoms with E-state index in [-0.39, 0.29) is 0 Å². The van der Waals surface area contributed by atoms with Gasteiger partial charge < -0.3 is 15.8 Å². The Bertz CT molecular complexity index is 989. The number of methoxy groups -OCH3 is 1. The van der Waals surface area contributed by atoms with Gasteiger partial charge in [0.25, 0.3) is 0 Å². The molecule has 2 aromatic carbocycles. The normalized spacial score (nSPS) is 10.9. The number of anilines is 1. The van der Waals surface area contributed by atoms with Crippen molar-refractivity contribution in [2.75, 3.05) is 12.4 Å². The van der Waals surface area contributed by atoms with E-state index in [9.17, 15) is 0 Å². The highest BCUT2D eigenvalue weighted by atomic mass is 16.5. The van der Waals surface area contributed by atoms with E-state index in [4.69, 9.17) is 15.7 Å². The number of hydrogen-bond acceptors (Lipinski definition) is 4. The van der Waals surface area contributed by atoms with Gasteiger partial charge in [-0.15, -0.1) is 0 Å². The molecule has 0 fully saturated rings. The fraction of sp³-hybridized carbons (Fsp3) is 0.136. The van der Waals surface area contributed by atoms with Crippen molar-refractivity contribution in [1.29, 1.82) is 5.26 Å². The highest BCUT2D eigenvalue weighted by Gasteiger charge is 2.06. The number of rotatable bonds is 6. The van der Waals surface area contributed by atoms with E-state index < -0.39 is 0 Å². The maximum Gasteiger partial charge on any atom is 0.194 e. The zero-order chi connectivity index (χ0) is 19.8. The summed E-state index contributed by atoms with van der Waals surface area (Å²) in [6.07, 6.45) is 2.43. The molecule has 140 valence electrons. The number of guanidine groups is 1. The summed E-state index contributed by atoms with van der Waals surface area (Å²) in [6.45, 7) is 0.422. The van der Waals surface area contributed by atoms with Crippen molar-refractivity contribution < 1.29 is 4.74 Å². The first kappa shape index (κ1) is 18.9. The van der Waals surface area contributed by atoms with Crippen LogP contribution >= 0.6 is 0 Å². The van der Waals surface area contributed by atoms with Crippen molar-refractivity contribution >= 4 is 11.8 Å². The molecule has 0 saturated carbocycles. The summed E-state index contributed by atoms with van der Waals surface area (Å²) in [6, 6.07) is 21.2. The van der Waals surface area contributed by atoms with Gasteiger partial charge in [0.05, 0.1) is 25.3 Å². The van der Waals surface area contributed by atoms with E-state index in [0.29, 0.717) is 30.3 Å². The summed E-state index contributed by atoms with van der Waals surface area (Å²) in [5.41, 5.74) is 9.80. The lowest BCUT2D eigenvalue weighted by atomic mass is 10.1. The third kappa shape index (κ3) is 5.08. The fourth-order valence-electron chi connectivity index (χ4n) is 2.68. The second-order valence-corrected chi connectivity index (χ2v) is 6.17. The van der Waals surface area contributed by atoms with Gasteiger partial charge in [-0.25, -0.2) is 9.98 Å². The lowest BCUT2D eigenvalue weighted by Crippen LogP contribution is -2.24. The average molecular weight is 371 g/mol. The molecule has 3 aromatic rings. The Morgan fingerprint density at radius 2 is 1.82 bits per heavy atom. The largest absolute Gasteiger partial charge is 0.497 e. The summed E-state index contributed by atoms with van der Waals surface area (Å²) >= 11 is 0. The summed E-state index contributed by atoms with van der Waals surface area (Å²) in [7, 11) is 1.65. The van der Waals surface area contributed by atoms with Gasteiger partial charge in [0.2, 0.25) is 0 Å². The predicted molar refractivity (Wildman–Crippen MR) is 110 cm³/mol. The summed E-state index contributed by atoms with van der Waals surface area (Å²) in [5, 5.41) is 11.9. The maximum absolute atomic E-state index is 8.85. The third-order valence-corrected chi connectivity index (χ3v) is 4.21. The van der Waals surface area contributed by atoms with Crippen molar-refractivity contribution in [2.45, 2.75) is 13.0 Å². The van der Waals surface area contributed by atoms with Gasteiger partial charge in [0.15, 0.2) is 5.96 Å². The van der Waals surface area contributed by atoms with E-state index in [0.717, 1.165) is 22.4 Å². The number of benzene rings is 2. The minimum absolute atomic E-state index is 0.291. The number of nitrogens with two attached hydrogens (primary N) is 1. The molecule has 0 spiro atoms. The second-order valence-electron chi connectivity index (χ2n) is 6.17. The molecule has 1 aromatic heterocycles. The van der Waals surface area contributed by atoms with E-state index in [1.54, 1.807) is 25.4 Å². The molecule has 0 radical (unpaired) electrons. The summed E-state index contributed by atoms with van der Waals surface area (Å²) in [4.78, 5) is 8.75. The standard InChI is InChI=1S/C22H21N5O/c1-28-20-10-8-16(9-11-20)13-19-3-2-12-25-21(19)27-22(24)26-15-18-6-4-17(14-23)5-7-18/h2-12H,13,15H2,1H3,(H3,24,25,26,27). The molecular formula is C22H21N5O. The lowest BCUT2D eigenvalue weighted by molar-refractivity contribution is 0.414. The highest BCUT2D eigenvalue weighted by Crippen LogP contribution is 2.19. The van der Waals surface area contributed by atoms with E-state index in [2.05, 4.69) is 21.4 Å². The average Bonchev–Trinajstić information content (AvgIpc) is 2.74. The first-order chi connectivity index (χ1) is 13.7. The molecular weight excluding hydrogens is 350 g/mol. The van der Waals surface area contributed by atoms with Crippen LogP contribution in [-0.4, -0.2) is 18.1 Å². The molecule has 3 rings (SSSR count). The topological polar surface area (TPSA) is 96.3 Å². The molecule has 0 amide bonds. The van der Waals surface area contributed by atoms with Crippen LogP contribution in [0.25, 0.3) is 0 Å². The first-order valence-corrected chi connectivity index (χ1v) is 8.81. The Labute approximate surface area is 164 Å². The Morgan fingerprint density at radius 1 is 1.11 bits per heavy atom. The number of pyridine rings is 1. The molecule has 28 heavy (non-hydrogen) atoms. The molecule has 0 saturated heterocycles. The van der Waals surface area contributed by atoms with Crippen molar-refractivity contribution in [3.8, 4) is 11.8 Å². The Balaban J connectivity index is 1.68. The predicted octanol–water partition coefficient (Wildman–Crippen LogP) is 3.48. The van der Waals surface area contributed by atoms with Gasteiger partial charge in [-0.2, -0.15) is 5.26 Å². The monoisotopic (exact) mass is 371 g/mol. The van der Waals surface area contributed by atoms with Crippen LogP contribution in [0.3, 0.4) is 0 Å². The molecule has 0 aliphatic heterocycles. The smallest absolute Gasteiger partial charge is 0.194 e. The molecule has 1 heterocycles. The SMILES string of the molecule is COc1ccc(Cc2cccnc2NC(N)=NCc2ccc(C#N)cc2)cc1. The van der Waals surface area contributed by atoms with Gasteiger partial charge in [-0.3, -0.25) is 0 Å². The maximum atomic E-state index is 8.85. The molecule has 3 N–H and O–H groups in total. The Kier molecular flexibility index (Phi) is 6.21. The molecule has 0 bridgehead atoms. The quantitative estimate of drug-likeness (QED) is 0.511. The fourth-order valence-corrected chi connectivity index (χ4v) is 2.68. The number of hydrogen-bond donors (Lipinski definition) is 2. The third-order valence-electron chi connectivity index (χ3n) is 4.21. The van der Waals surface area contributed by atoms with Crippen LogP contribution in [0.1, 0.15) is 22.3 Å². The first-order valence-electron chi connectivity index (χ1n) is 8.81. The van der Waals surface area contributed by atoms with Crippen molar-refractivity contribution in [1.82, 2.24) is 4.98 Å². The van der Waals surface area contributed by atoms with Crippen LogP contribution in [0.15, 0.2) is 71.9 Å². The van der Waals surface area contributed by atoms with Crippen molar-refractivity contribution in [3.05, 3.63) is 89.1 Å².